The van der Waals surface area contributed by atoms with E-state index in [9.17, 15) is 4.79 Å². The highest BCUT2D eigenvalue weighted by Crippen LogP contribution is 2.14. The number of aromatic nitrogens is 2. The first-order valence-corrected chi connectivity index (χ1v) is 6.30. The van der Waals surface area contributed by atoms with E-state index in [4.69, 9.17) is 4.74 Å². The third kappa shape index (κ3) is 4.17. The lowest BCUT2D eigenvalue weighted by molar-refractivity contribution is 0.0593. The van der Waals surface area contributed by atoms with Crippen molar-refractivity contribution in [3.05, 3.63) is 18.1 Å². The van der Waals surface area contributed by atoms with Crippen LogP contribution >= 0.6 is 0 Å². The summed E-state index contributed by atoms with van der Waals surface area (Å²) in [5.41, 5.74) is 0.210. The molecule has 1 aromatic heterocycles. The van der Waals surface area contributed by atoms with Crippen LogP contribution in [0.2, 0.25) is 0 Å². The second-order valence-electron chi connectivity index (χ2n) is 4.19. The summed E-state index contributed by atoms with van der Waals surface area (Å²) in [4.78, 5) is 21.8. The van der Waals surface area contributed by atoms with Gasteiger partial charge in [-0.05, 0) is 13.3 Å². The van der Waals surface area contributed by atoms with Crippen LogP contribution in [0.25, 0.3) is 0 Å². The summed E-state index contributed by atoms with van der Waals surface area (Å²) in [6, 6.07) is 0.327. The first-order chi connectivity index (χ1) is 9.13. The second kappa shape index (κ2) is 7.68. The van der Waals surface area contributed by atoms with Gasteiger partial charge in [0.15, 0.2) is 5.69 Å². The highest BCUT2D eigenvalue weighted by molar-refractivity contribution is 5.86. The number of anilines is 1. The minimum atomic E-state index is -0.481. The lowest BCUT2D eigenvalue weighted by Crippen LogP contribution is -2.36. The molecule has 0 amide bonds. The Morgan fingerprint density at radius 1 is 1.37 bits per heavy atom. The molecule has 6 nitrogen and oxygen atoms in total. The first kappa shape index (κ1) is 15.4. The Hall–Kier alpha value is -1.69. The average Bonchev–Trinajstić information content (AvgIpc) is 2.47. The van der Waals surface area contributed by atoms with Crippen LogP contribution in [0.3, 0.4) is 0 Å². The van der Waals surface area contributed by atoms with Gasteiger partial charge in [0, 0.05) is 19.7 Å². The van der Waals surface area contributed by atoms with E-state index in [-0.39, 0.29) is 5.69 Å². The molecular formula is C13H21N3O3. The summed E-state index contributed by atoms with van der Waals surface area (Å²) in [7, 11) is 2.99. The summed E-state index contributed by atoms with van der Waals surface area (Å²) in [5, 5.41) is 0. The smallest absolute Gasteiger partial charge is 0.358 e. The number of ether oxygens (including phenoxy) is 2. The molecule has 0 radical (unpaired) electrons. The van der Waals surface area contributed by atoms with Crippen molar-refractivity contribution in [2.75, 3.05) is 32.3 Å². The fourth-order valence-electron chi connectivity index (χ4n) is 1.65. The normalized spacial score (nSPS) is 12.0. The molecule has 1 rings (SSSR count). The molecule has 0 bridgehead atoms. The number of carbonyl (C=O) groups excluding carboxylic acids is 1. The van der Waals surface area contributed by atoms with Crippen molar-refractivity contribution in [2.45, 2.75) is 26.3 Å². The van der Waals surface area contributed by atoms with Crippen LogP contribution < -0.4 is 4.90 Å². The van der Waals surface area contributed by atoms with Crippen LogP contribution in [-0.2, 0) is 9.47 Å². The van der Waals surface area contributed by atoms with Gasteiger partial charge >= 0.3 is 5.97 Å². The molecule has 1 heterocycles. The van der Waals surface area contributed by atoms with Gasteiger partial charge in [-0.1, -0.05) is 6.92 Å². The molecule has 1 unspecified atom stereocenters. The lowest BCUT2D eigenvalue weighted by atomic mass is 10.2. The van der Waals surface area contributed by atoms with Crippen LogP contribution in [-0.4, -0.2) is 49.4 Å². The molecular weight excluding hydrogens is 246 g/mol. The number of nitrogens with zero attached hydrogens (tertiary/aromatic N) is 3. The molecule has 19 heavy (non-hydrogen) atoms. The van der Waals surface area contributed by atoms with Gasteiger partial charge in [-0.25, -0.2) is 14.8 Å². The summed E-state index contributed by atoms with van der Waals surface area (Å²) >= 11 is 0. The number of hydrogen-bond donors (Lipinski definition) is 0. The minimum absolute atomic E-state index is 0.210. The maximum absolute atomic E-state index is 11.3. The van der Waals surface area contributed by atoms with Crippen LogP contribution in [0.5, 0.6) is 0 Å². The Morgan fingerprint density at radius 3 is 2.58 bits per heavy atom. The Balaban J connectivity index is 2.87. The summed E-state index contributed by atoms with van der Waals surface area (Å²) in [6.45, 7) is 5.58. The average molecular weight is 267 g/mol. The van der Waals surface area contributed by atoms with Crippen molar-refractivity contribution in [3.8, 4) is 0 Å². The molecule has 0 aliphatic carbocycles. The molecule has 0 aliphatic rings. The van der Waals surface area contributed by atoms with Crippen LogP contribution in [0.1, 0.15) is 30.8 Å². The number of methoxy groups -OCH3 is 2. The van der Waals surface area contributed by atoms with Gasteiger partial charge in [0.2, 0.25) is 0 Å². The SMILES string of the molecule is CCC(C)N(CCOC)c1cnc(C(=O)OC)cn1. The van der Waals surface area contributed by atoms with Crippen LogP contribution in [0.4, 0.5) is 5.82 Å². The predicted molar refractivity (Wildman–Crippen MR) is 72.3 cm³/mol. The van der Waals surface area contributed by atoms with E-state index < -0.39 is 5.97 Å². The fraction of sp³-hybridized carbons (Fsp3) is 0.615. The summed E-state index contributed by atoms with van der Waals surface area (Å²) < 4.78 is 9.70. The molecule has 106 valence electrons. The van der Waals surface area contributed by atoms with Crippen molar-refractivity contribution in [1.29, 1.82) is 0 Å². The van der Waals surface area contributed by atoms with Gasteiger partial charge < -0.3 is 14.4 Å². The van der Waals surface area contributed by atoms with Gasteiger partial charge in [0.25, 0.3) is 0 Å². The quantitative estimate of drug-likeness (QED) is 0.698. The zero-order chi connectivity index (χ0) is 14.3. The predicted octanol–water partition coefficient (Wildman–Crippen LogP) is 1.51. The fourth-order valence-corrected chi connectivity index (χ4v) is 1.65. The molecule has 0 saturated carbocycles. The number of hydrogen-bond acceptors (Lipinski definition) is 6. The molecule has 0 saturated heterocycles. The van der Waals surface area contributed by atoms with Crippen molar-refractivity contribution >= 4 is 11.8 Å². The molecule has 0 aliphatic heterocycles. The molecule has 0 fully saturated rings. The van der Waals surface area contributed by atoms with Gasteiger partial charge in [-0.3, -0.25) is 0 Å². The molecule has 0 aromatic carbocycles. The van der Waals surface area contributed by atoms with E-state index in [0.717, 1.165) is 18.8 Å². The van der Waals surface area contributed by atoms with Crippen molar-refractivity contribution in [3.63, 3.8) is 0 Å². The highest BCUT2D eigenvalue weighted by Gasteiger charge is 2.15. The lowest BCUT2D eigenvalue weighted by Gasteiger charge is -2.29. The molecule has 6 heteroatoms. The molecule has 0 N–H and O–H groups in total. The Bertz CT molecular complexity index is 395. The van der Waals surface area contributed by atoms with Gasteiger partial charge in [0.05, 0.1) is 26.1 Å². The summed E-state index contributed by atoms with van der Waals surface area (Å²) in [6.07, 6.45) is 4.02. The number of carbonyl (C=O) groups is 1. The summed E-state index contributed by atoms with van der Waals surface area (Å²) in [5.74, 6) is 0.255. The molecule has 0 spiro atoms. The maximum Gasteiger partial charge on any atom is 0.358 e. The Labute approximate surface area is 113 Å². The highest BCUT2D eigenvalue weighted by atomic mass is 16.5. The third-order valence-electron chi connectivity index (χ3n) is 2.99. The third-order valence-corrected chi connectivity index (χ3v) is 2.99. The topological polar surface area (TPSA) is 64.5 Å². The number of rotatable bonds is 7. The molecule has 1 atom stereocenters. The van der Waals surface area contributed by atoms with E-state index in [0.29, 0.717) is 12.6 Å². The monoisotopic (exact) mass is 267 g/mol. The zero-order valence-corrected chi connectivity index (χ0v) is 11.9. The van der Waals surface area contributed by atoms with Crippen molar-refractivity contribution < 1.29 is 14.3 Å². The van der Waals surface area contributed by atoms with Crippen LogP contribution in [0, 0.1) is 0 Å². The van der Waals surface area contributed by atoms with E-state index in [1.165, 1.54) is 13.3 Å². The Kier molecular flexibility index (Phi) is 6.21. The van der Waals surface area contributed by atoms with Gasteiger partial charge in [0.1, 0.15) is 5.82 Å². The molecule has 1 aromatic rings. The Morgan fingerprint density at radius 2 is 2.11 bits per heavy atom. The van der Waals surface area contributed by atoms with E-state index in [1.54, 1.807) is 13.3 Å². The van der Waals surface area contributed by atoms with E-state index >= 15 is 0 Å². The maximum atomic E-state index is 11.3. The van der Waals surface area contributed by atoms with Crippen molar-refractivity contribution in [2.24, 2.45) is 0 Å². The number of esters is 1. The first-order valence-electron chi connectivity index (χ1n) is 6.30. The standard InChI is InChI=1S/C13H21N3O3/c1-5-10(2)16(6-7-18-3)12-9-14-11(8-15-12)13(17)19-4/h8-10H,5-7H2,1-4H3. The largest absolute Gasteiger partial charge is 0.464 e. The van der Waals surface area contributed by atoms with Gasteiger partial charge in [-0.2, -0.15) is 0 Å². The second-order valence-corrected chi connectivity index (χ2v) is 4.19. The van der Waals surface area contributed by atoms with Crippen LogP contribution in [0.15, 0.2) is 12.4 Å². The minimum Gasteiger partial charge on any atom is -0.464 e. The van der Waals surface area contributed by atoms with Crippen molar-refractivity contribution in [1.82, 2.24) is 9.97 Å². The van der Waals surface area contributed by atoms with Gasteiger partial charge in [-0.15, -0.1) is 0 Å². The van der Waals surface area contributed by atoms with E-state index in [2.05, 4.69) is 33.5 Å². The van der Waals surface area contributed by atoms with E-state index in [1.807, 2.05) is 0 Å². The zero-order valence-electron chi connectivity index (χ0n) is 11.9.